The van der Waals surface area contributed by atoms with Crippen molar-refractivity contribution in [1.29, 1.82) is 0 Å². The fourth-order valence-electron chi connectivity index (χ4n) is 0.571. The van der Waals surface area contributed by atoms with Gasteiger partial charge in [0.2, 0.25) is 0 Å². The zero-order chi connectivity index (χ0) is 7.40. The molecule has 0 amide bonds. The zero-order valence-corrected chi connectivity index (χ0v) is 7.64. The first-order valence-corrected chi connectivity index (χ1v) is 4.80. The van der Waals surface area contributed by atoms with E-state index in [-0.39, 0.29) is 15.0 Å². The third-order valence-corrected chi connectivity index (χ3v) is 2.56. The fraction of sp³-hybridized carbons (Fsp3) is 0. The molecule has 0 N–H and O–H groups in total. The van der Waals surface area contributed by atoms with Gasteiger partial charge in [-0.3, -0.25) is 0 Å². The van der Waals surface area contributed by atoms with Crippen molar-refractivity contribution in [2.75, 3.05) is 0 Å². The molecule has 0 aliphatic heterocycles. The first kappa shape index (κ1) is 7.69. The molecule has 0 fully saturated rings. The van der Waals surface area contributed by atoms with Crippen LogP contribution in [-0.2, 0) is 0 Å². The molecule has 0 aliphatic rings. The SMILES string of the molecule is C#C[Se]c1ccc(Cl)cc1. The van der Waals surface area contributed by atoms with Crippen molar-refractivity contribution in [2.24, 2.45) is 0 Å². The minimum absolute atomic E-state index is 0.171. The second-order valence-corrected chi connectivity index (χ2v) is 4.02. The van der Waals surface area contributed by atoms with Crippen LogP contribution in [0.4, 0.5) is 0 Å². The van der Waals surface area contributed by atoms with Crippen molar-refractivity contribution in [3.8, 4) is 11.2 Å². The Kier molecular flexibility index (Phi) is 2.83. The summed E-state index contributed by atoms with van der Waals surface area (Å²) in [5, 5.41) is 0.761. The summed E-state index contributed by atoms with van der Waals surface area (Å²) in [6.07, 6.45) is 5.14. The summed E-state index contributed by atoms with van der Waals surface area (Å²) in [6, 6.07) is 7.64. The molecule has 1 aromatic carbocycles. The summed E-state index contributed by atoms with van der Waals surface area (Å²) in [5.41, 5.74) is 0. The summed E-state index contributed by atoms with van der Waals surface area (Å²) in [5.74, 6) is 0. The van der Waals surface area contributed by atoms with Crippen molar-refractivity contribution in [2.45, 2.75) is 0 Å². The van der Waals surface area contributed by atoms with E-state index in [1.165, 1.54) is 4.46 Å². The van der Waals surface area contributed by atoms with Crippen LogP contribution in [-0.4, -0.2) is 15.0 Å². The van der Waals surface area contributed by atoms with E-state index in [9.17, 15) is 0 Å². The topological polar surface area (TPSA) is 0 Å². The molecule has 50 valence electrons. The standard InChI is InChI=1S/C8H5ClSe/c1-2-10-8-5-3-7(9)4-6-8/h1,3-6H. The van der Waals surface area contributed by atoms with Crippen LogP contribution >= 0.6 is 11.6 Å². The van der Waals surface area contributed by atoms with Gasteiger partial charge in [0.05, 0.1) is 0 Å². The van der Waals surface area contributed by atoms with E-state index in [4.69, 9.17) is 18.0 Å². The number of hydrogen-bond acceptors (Lipinski definition) is 0. The third kappa shape index (κ3) is 2.08. The molecule has 0 atom stereocenters. The second kappa shape index (κ2) is 3.68. The number of halogens is 1. The van der Waals surface area contributed by atoms with Crippen LogP contribution in [0.3, 0.4) is 0 Å². The Labute approximate surface area is 71.7 Å². The molecule has 2 heteroatoms. The second-order valence-electron chi connectivity index (χ2n) is 1.67. The molecule has 0 bridgehead atoms. The van der Waals surface area contributed by atoms with Crippen molar-refractivity contribution in [3.05, 3.63) is 29.3 Å². The summed E-state index contributed by atoms with van der Waals surface area (Å²) in [4.78, 5) is 2.62. The predicted octanol–water partition coefficient (Wildman–Crippen LogP) is 1.26. The maximum atomic E-state index is 5.67. The van der Waals surface area contributed by atoms with E-state index in [0.717, 1.165) is 5.02 Å². The summed E-state index contributed by atoms with van der Waals surface area (Å²) in [7, 11) is 0. The van der Waals surface area contributed by atoms with Crippen LogP contribution in [0.2, 0.25) is 5.02 Å². The summed E-state index contributed by atoms with van der Waals surface area (Å²) >= 11 is 5.84. The normalized spacial score (nSPS) is 8.80. The first-order chi connectivity index (χ1) is 4.83. The van der Waals surface area contributed by atoms with E-state index in [0.29, 0.717) is 0 Å². The van der Waals surface area contributed by atoms with Gasteiger partial charge in [0.25, 0.3) is 0 Å². The Balaban J connectivity index is 2.81. The van der Waals surface area contributed by atoms with Crippen molar-refractivity contribution in [3.63, 3.8) is 0 Å². The number of benzene rings is 1. The molecule has 10 heavy (non-hydrogen) atoms. The van der Waals surface area contributed by atoms with Crippen LogP contribution in [0.1, 0.15) is 0 Å². The molecular weight excluding hydrogens is 211 g/mol. The molecule has 0 saturated heterocycles. The minimum atomic E-state index is 0.171. The van der Waals surface area contributed by atoms with Crippen molar-refractivity contribution in [1.82, 2.24) is 0 Å². The molecule has 0 saturated carbocycles. The summed E-state index contributed by atoms with van der Waals surface area (Å²) < 4.78 is 1.19. The Morgan fingerprint density at radius 2 is 1.90 bits per heavy atom. The van der Waals surface area contributed by atoms with E-state index < -0.39 is 0 Å². The predicted molar refractivity (Wildman–Crippen MR) is 45.7 cm³/mol. The van der Waals surface area contributed by atoms with E-state index in [2.05, 4.69) is 4.82 Å². The van der Waals surface area contributed by atoms with Gasteiger partial charge >= 0.3 is 71.5 Å². The molecule has 0 heterocycles. The fourth-order valence-corrected chi connectivity index (χ4v) is 1.55. The van der Waals surface area contributed by atoms with E-state index in [1.807, 2.05) is 24.3 Å². The van der Waals surface area contributed by atoms with E-state index >= 15 is 0 Å². The molecule has 0 aliphatic carbocycles. The molecular formula is C8H5ClSe. The summed E-state index contributed by atoms with van der Waals surface area (Å²) in [6.45, 7) is 0. The van der Waals surface area contributed by atoms with Gasteiger partial charge < -0.3 is 0 Å². The Hall–Kier alpha value is -0.411. The molecule has 0 aromatic heterocycles. The van der Waals surface area contributed by atoms with Gasteiger partial charge in [-0.05, 0) is 0 Å². The number of hydrogen-bond donors (Lipinski definition) is 0. The Morgan fingerprint density at radius 3 is 2.40 bits per heavy atom. The van der Waals surface area contributed by atoms with Crippen LogP contribution < -0.4 is 4.46 Å². The third-order valence-electron chi connectivity index (χ3n) is 0.990. The Bertz CT molecular complexity index is 245. The molecule has 0 spiro atoms. The zero-order valence-electron chi connectivity index (χ0n) is 5.17. The van der Waals surface area contributed by atoms with Gasteiger partial charge in [-0.2, -0.15) is 0 Å². The number of terminal acetylenes is 1. The monoisotopic (exact) mass is 216 g/mol. The molecule has 1 aromatic rings. The average molecular weight is 216 g/mol. The molecule has 0 radical (unpaired) electrons. The quantitative estimate of drug-likeness (QED) is 0.489. The Morgan fingerprint density at radius 1 is 1.30 bits per heavy atom. The van der Waals surface area contributed by atoms with Gasteiger partial charge in [-0.1, -0.05) is 0 Å². The van der Waals surface area contributed by atoms with Gasteiger partial charge in [0.15, 0.2) is 0 Å². The van der Waals surface area contributed by atoms with Gasteiger partial charge in [-0.25, -0.2) is 0 Å². The van der Waals surface area contributed by atoms with Gasteiger partial charge in [-0.15, -0.1) is 0 Å². The van der Waals surface area contributed by atoms with Crippen LogP contribution in [0.5, 0.6) is 0 Å². The molecule has 0 unspecified atom stereocenters. The van der Waals surface area contributed by atoms with Gasteiger partial charge in [0.1, 0.15) is 0 Å². The van der Waals surface area contributed by atoms with Crippen molar-refractivity contribution >= 4 is 31.0 Å². The number of rotatable bonds is 1. The average Bonchev–Trinajstić information content (AvgIpc) is 1.95. The van der Waals surface area contributed by atoms with Crippen LogP contribution in [0.25, 0.3) is 0 Å². The molecule has 1 rings (SSSR count). The van der Waals surface area contributed by atoms with E-state index in [1.54, 1.807) is 0 Å². The van der Waals surface area contributed by atoms with Crippen LogP contribution in [0.15, 0.2) is 24.3 Å². The van der Waals surface area contributed by atoms with Crippen molar-refractivity contribution < 1.29 is 0 Å². The maximum absolute atomic E-state index is 5.67. The molecule has 0 nitrogen and oxygen atoms in total. The van der Waals surface area contributed by atoms with Gasteiger partial charge in [0, 0.05) is 0 Å². The van der Waals surface area contributed by atoms with Crippen LogP contribution in [0, 0.1) is 11.2 Å². The first-order valence-electron chi connectivity index (χ1n) is 2.71.